The van der Waals surface area contributed by atoms with E-state index in [1.165, 1.54) is 12.8 Å². The van der Waals surface area contributed by atoms with Gasteiger partial charge in [0, 0.05) is 6.42 Å². The third-order valence-corrected chi connectivity index (χ3v) is 2.69. The van der Waals surface area contributed by atoms with Crippen molar-refractivity contribution in [1.29, 1.82) is 0 Å². The number of hydrogen-bond acceptors (Lipinski definition) is 3. The van der Waals surface area contributed by atoms with E-state index in [1.54, 1.807) is 0 Å². The maximum absolute atomic E-state index is 10.8. The van der Waals surface area contributed by atoms with Crippen LogP contribution in [0, 0.1) is 0 Å². The highest BCUT2D eigenvalue weighted by Gasteiger charge is 2.12. The number of carbonyl (C=O) groups is 1. The zero-order chi connectivity index (χ0) is 11.6. The molecule has 0 amide bonds. The molecule has 1 aliphatic heterocycles. The Morgan fingerprint density at radius 2 is 2.06 bits per heavy atom. The second-order valence-electron chi connectivity index (χ2n) is 4.11. The first-order valence-electron chi connectivity index (χ1n) is 6.24. The Labute approximate surface area is 97.8 Å². The monoisotopic (exact) mass is 226 g/mol. The summed E-state index contributed by atoms with van der Waals surface area (Å²) >= 11 is 0. The van der Waals surface area contributed by atoms with Crippen molar-refractivity contribution in [2.45, 2.75) is 51.7 Å². The maximum atomic E-state index is 10.8. The first-order chi connectivity index (χ1) is 7.86. The van der Waals surface area contributed by atoms with Crippen LogP contribution in [0.2, 0.25) is 0 Å². The lowest BCUT2D eigenvalue weighted by Crippen LogP contribution is -2.24. The number of unbranched alkanes of at least 4 members (excludes halogenated alkanes) is 2. The van der Waals surface area contributed by atoms with Crippen LogP contribution in [0.4, 0.5) is 0 Å². The van der Waals surface area contributed by atoms with Gasteiger partial charge >= 0.3 is 0 Å². The third-order valence-electron chi connectivity index (χ3n) is 2.69. The minimum atomic E-state index is -0.144. The van der Waals surface area contributed by atoms with Gasteiger partial charge < -0.3 is 9.47 Å². The van der Waals surface area contributed by atoms with E-state index < -0.39 is 0 Å². The summed E-state index contributed by atoms with van der Waals surface area (Å²) in [4.78, 5) is 10.8. The van der Waals surface area contributed by atoms with Crippen LogP contribution < -0.4 is 0 Å². The molecule has 1 aliphatic rings. The van der Waals surface area contributed by atoms with Gasteiger partial charge in [-0.05, 0) is 24.8 Å². The molecule has 0 aromatic rings. The van der Waals surface area contributed by atoms with E-state index in [9.17, 15) is 4.79 Å². The zero-order valence-corrected chi connectivity index (χ0v) is 10.1. The van der Waals surface area contributed by atoms with Gasteiger partial charge in [0.25, 0.3) is 0 Å². The van der Waals surface area contributed by atoms with E-state index in [4.69, 9.17) is 9.47 Å². The fourth-order valence-corrected chi connectivity index (χ4v) is 1.71. The molecule has 0 aromatic heterocycles. The Morgan fingerprint density at radius 3 is 2.69 bits per heavy atom. The zero-order valence-electron chi connectivity index (χ0n) is 10.1. The molecule has 0 radical (unpaired) electrons. The molecule has 3 heteroatoms. The van der Waals surface area contributed by atoms with E-state index in [2.05, 4.69) is 6.92 Å². The van der Waals surface area contributed by atoms with Crippen molar-refractivity contribution in [3.05, 3.63) is 11.6 Å². The van der Waals surface area contributed by atoms with Gasteiger partial charge in [-0.2, -0.15) is 0 Å². The van der Waals surface area contributed by atoms with Gasteiger partial charge in [-0.1, -0.05) is 25.8 Å². The van der Waals surface area contributed by atoms with Crippen LogP contribution in [0.1, 0.15) is 45.4 Å². The molecule has 0 bridgehead atoms. The van der Waals surface area contributed by atoms with Gasteiger partial charge in [0.15, 0.2) is 6.29 Å². The van der Waals surface area contributed by atoms with Crippen molar-refractivity contribution >= 4 is 6.29 Å². The second-order valence-corrected chi connectivity index (χ2v) is 4.11. The molecule has 3 nitrogen and oxygen atoms in total. The van der Waals surface area contributed by atoms with Crippen molar-refractivity contribution in [3.8, 4) is 0 Å². The molecular formula is C13H22O3. The SMILES string of the molecule is CCCCC/C(C=O)=C\CC1OCCCO1. The molecule has 1 rings (SSSR count). The number of hydrogen-bond donors (Lipinski definition) is 0. The minimum Gasteiger partial charge on any atom is -0.352 e. The Bertz CT molecular complexity index is 217. The van der Waals surface area contributed by atoms with Crippen molar-refractivity contribution in [2.24, 2.45) is 0 Å². The van der Waals surface area contributed by atoms with Crippen LogP contribution in [-0.4, -0.2) is 25.8 Å². The molecule has 0 N–H and O–H groups in total. The summed E-state index contributed by atoms with van der Waals surface area (Å²) in [5.41, 5.74) is 0.881. The van der Waals surface area contributed by atoms with Gasteiger partial charge in [0.05, 0.1) is 13.2 Å². The summed E-state index contributed by atoms with van der Waals surface area (Å²) in [6, 6.07) is 0. The smallest absolute Gasteiger partial charge is 0.160 e. The lowest BCUT2D eigenvalue weighted by molar-refractivity contribution is -0.175. The molecular weight excluding hydrogens is 204 g/mol. The summed E-state index contributed by atoms with van der Waals surface area (Å²) < 4.78 is 10.8. The Morgan fingerprint density at radius 1 is 1.31 bits per heavy atom. The average molecular weight is 226 g/mol. The second kappa shape index (κ2) is 8.48. The Balaban J connectivity index is 2.24. The lowest BCUT2D eigenvalue weighted by atomic mass is 10.1. The van der Waals surface area contributed by atoms with Gasteiger partial charge in [-0.15, -0.1) is 0 Å². The summed E-state index contributed by atoms with van der Waals surface area (Å²) in [5, 5.41) is 0. The van der Waals surface area contributed by atoms with Crippen LogP contribution in [0.3, 0.4) is 0 Å². The third kappa shape index (κ3) is 5.42. The molecule has 1 heterocycles. The number of ether oxygens (including phenoxy) is 2. The summed E-state index contributed by atoms with van der Waals surface area (Å²) in [5.74, 6) is 0. The highest BCUT2D eigenvalue weighted by atomic mass is 16.7. The molecule has 0 aromatic carbocycles. The molecule has 0 saturated carbocycles. The van der Waals surface area contributed by atoms with Crippen molar-refractivity contribution in [3.63, 3.8) is 0 Å². The molecule has 92 valence electrons. The van der Waals surface area contributed by atoms with Crippen LogP contribution in [-0.2, 0) is 14.3 Å². The fourth-order valence-electron chi connectivity index (χ4n) is 1.71. The van der Waals surface area contributed by atoms with Gasteiger partial charge in [0.1, 0.15) is 6.29 Å². The predicted octanol–water partition coefficient (Wildman–Crippen LogP) is 2.85. The molecule has 0 spiro atoms. The topological polar surface area (TPSA) is 35.5 Å². The van der Waals surface area contributed by atoms with Crippen LogP contribution >= 0.6 is 0 Å². The minimum absolute atomic E-state index is 0.144. The fraction of sp³-hybridized carbons (Fsp3) is 0.769. The Hall–Kier alpha value is -0.670. The lowest BCUT2D eigenvalue weighted by Gasteiger charge is -2.22. The van der Waals surface area contributed by atoms with E-state index >= 15 is 0 Å². The Kier molecular flexibility index (Phi) is 7.10. The van der Waals surface area contributed by atoms with E-state index in [0.29, 0.717) is 6.42 Å². The van der Waals surface area contributed by atoms with Crippen LogP contribution in [0.5, 0.6) is 0 Å². The maximum Gasteiger partial charge on any atom is 0.160 e. The van der Waals surface area contributed by atoms with E-state index in [0.717, 1.165) is 44.3 Å². The number of carbonyl (C=O) groups excluding carboxylic acids is 1. The molecule has 0 atom stereocenters. The van der Waals surface area contributed by atoms with Gasteiger partial charge in [-0.3, -0.25) is 4.79 Å². The standard InChI is InChI=1S/C13H22O3/c1-2-3-4-6-12(11-14)7-8-13-15-9-5-10-16-13/h7,11,13H,2-6,8-10H2,1H3/b12-7+. The van der Waals surface area contributed by atoms with Gasteiger partial charge in [-0.25, -0.2) is 0 Å². The highest BCUT2D eigenvalue weighted by molar-refractivity contribution is 5.72. The quantitative estimate of drug-likeness (QED) is 0.380. The average Bonchev–Trinajstić information content (AvgIpc) is 2.35. The van der Waals surface area contributed by atoms with Crippen molar-refractivity contribution < 1.29 is 14.3 Å². The van der Waals surface area contributed by atoms with Gasteiger partial charge in [0.2, 0.25) is 0 Å². The highest BCUT2D eigenvalue weighted by Crippen LogP contribution is 2.13. The molecule has 0 aliphatic carbocycles. The van der Waals surface area contributed by atoms with E-state index in [1.807, 2.05) is 6.08 Å². The summed E-state index contributed by atoms with van der Waals surface area (Å²) in [6.07, 6.45) is 8.77. The largest absolute Gasteiger partial charge is 0.352 e. The molecule has 1 saturated heterocycles. The number of allylic oxidation sites excluding steroid dienone is 1. The molecule has 0 unspecified atom stereocenters. The number of rotatable bonds is 7. The number of aldehydes is 1. The van der Waals surface area contributed by atoms with Crippen molar-refractivity contribution in [2.75, 3.05) is 13.2 Å². The summed E-state index contributed by atoms with van der Waals surface area (Å²) in [6.45, 7) is 3.70. The molecule has 16 heavy (non-hydrogen) atoms. The van der Waals surface area contributed by atoms with E-state index in [-0.39, 0.29) is 6.29 Å². The van der Waals surface area contributed by atoms with Crippen molar-refractivity contribution in [1.82, 2.24) is 0 Å². The first-order valence-corrected chi connectivity index (χ1v) is 6.24. The summed E-state index contributed by atoms with van der Waals surface area (Å²) in [7, 11) is 0. The first kappa shape index (κ1) is 13.4. The van der Waals surface area contributed by atoms with Crippen LogP contribution in [0.25, 0.3) is 0 Å². The normalized spacial score (nSPS) is 18.7. The molecule has 1 fully saturated rings. The predicted molar refractivity (Wildman–Crippen MR) is 63.2 cm³/mol. The van der Waals surface area contributed by atoms with Crippen LogP contribution in [0.15, 0.2) is 11.6 Å².